The minimum Gasteiger partial charge on any atom is -0.355 e. The maximum absolute atomic E-state index is 4.20. The van der Waals surface area contributed by atoms with Gasteiger partial charge < -0.3 is 5.32 Å². The highest BCUT2D eigenvalue weighted by Gasteiger charge is 2.27. The molecule has 0 radical (unpaired) electrons. The molecule has 104 valence electrons. The zero-order valence-electron chi connectivity index (χ0n) is 12.4. The molecule has 1 heterocycles. The molecule has 0 fully saturated rings. The molecule has 2 aromatic carbocycles. The van der Waals surface area contributed by atoms with Crippen LogP contribution in [0.5, 0.6) is 0 Å². The van der Waals surface area contributed by atoms with Gasteiger partial charge >= 0.3 is 0 Å². The van der Waals surface area contributed by atoms with Gasteiger partial charge in [-0.3, -0.25) is 0 Å². The lowest BCUT2D eigenvalue weighted by Crippen LogP contribution is -2.09. The van der Waals surface area contributed by atoms with Gasteiger partial charge in [-0.15, -0.1) is 0 Å². The lowest BCUT2D eigenvalue weighted by molar-refractivity contribution is 0.916. The molecule has 0 amide bonds. The van der Waals surface area contributed by atoms with Crippen molar-refractivity contribution >= 4 is 11.3 Å². The quantitative estimate of drug-likeness (QED) is 0.719. The lowest BCUT2D eigenvalue weighted by atomic mass is 9.88. The number of hydrogen-bond acceptors (Lipinski definition) is 1. The summed E-state index contributed by atoms with van der Waals surface area (Å²) in [6.45, 7) is 6.33. The van der Waals surface area contributed by atoms with Gasteiger partial charge in [-0.1, -0.05) is 48.5 Å². The zero-order valence-corrected chi connectivity index (χ0v) is 12.4. The van der Waals surface area contributed by atoms with E-state index >= 15 is 0 Å². The number of rotatable bonds is 1. The molecular formula is C20H19N. The van der Waals surface area contributed by atoms with Gasteiger partial charge in [0.25, 0.3) is 0 Å². The van der Waals surface area contributed by atoms with E-state index in [9.17, 15) is 0 Å². The van der Waals surface area contributed by atoms with Crippen LogP contribution in [-0.2, 0) is 0 Å². The van der Waals surface area contributed by atoms with Crippen molar-refractivity contribution in [1.82, 2.24) is 0 Å². The topological polar surface area (TPSA) is 12.0 Å². The Hall–Kier alpha value is -2.28. The minimum atomic E-state index is 1.09. The molecule has 1 nitrogen and oxygen atoms in total. The van der Waals surface area contributed by atoms with Crippen LogP contribution >= 0.6 is 0 Å². The molecule has 1 aliphatic heterocycles. The van der Waals surface area contributed by atoms with E-state index in [-0.39, 0.29) is 0 Å². The smallest absolute Gasteiger partial charge is 0.0466 e. The normalized spacial score (nSPS) is 16.5. The first-order valence-corrected chi connectivity index (χ1v) is 7.63. The molecule has 0 bridgehead atoms. The van der Waals surface area contributed by atoms with Gasteiger partial charge in [0.1, 0.15) is 0 Å². The molecule has 2 aromatic rings. The Balaban J connectivity index is 1.95. The second kappa shape index (κ2) is 4.63. The van der Waals surface area contributed by atoms with Crippen molar-refractivity contribution in [3.05, 3.63) is 71.4 Å². The van der Waals surface area contributed by atoms with Crippen molar-refractivity contribution < 1.29 is 0 Å². The van der Waals surface area contributed by atoms with E-state index in [0.29, 0.717) is 0 Å². The van der Waals surface area contributed by atoms with Gasteiger partial charge in [-0.2, -0.15) is 0 Å². The van der Waals surface area contributed by atoms with Crippen LogP contribution in [0.4, 0.5) is 5.69 Å². The number of nitrogens with one attached hydrogen (secondary N) is 1. The largest absolute Gasteiger partial charge is 0.355 e. The number of fused-ring (bicyclic) bond motifs is 2. The first kappa shape index (κ1) is 12.5. The summed E-state index contributed by atoms with van der Waals surface area (Å²) in [6.07, 6.45) is 3.57. The molecule has 4 rings (SSSR count). The van der Waals surface area contributed by atoms with Crippen LogP contribution in [0.25, 0.3) is 16.7 Å². The Bertz CT molecular complexity index is 763. The predicted octanol–water partition coefficient (Wildman–Crippen LogP) is 5.54. The maximum atomic E-state index is 4.20. The molecule has 0 saturated carbocycles. The van der Waals surface area contributed by atoms with E-state index in [4.69, 9.17) is 0 Å². The second-order valence-electron chi connectivity index (χ2n) is 6.01. The van der Waals surface area contributed by atoms with Crippen LogP contribution in [0.3, 0.4) is 0 Å². The first-order valence-electron chi connectivity index (χ1n) is 7.63. The number of hydrogen-bond donors (Lipinski definition) is 1. The van der Waals surface area contributed by atoms with Crippen LogP contribution in [0.15, 0.2) is 60.3 Å². The SMILES string of the molecule is C=C1Nc2cccc(-c3ccc(C)cc3)c2C2=C1CCC2. The van der Waals surface area contributed by atoms with E-state index in [0.717, 1.165) is 12.1 Å². The summed E-state index contributed by atoms with van der Waals surface area (Å²) in [7, 11) is 0. The molecule has 1 aliphatic carbocycles. The first-order chi connectivity index (χ1) is 10.2. The Labute approximate surface area is 126 Å². The van der Waals surface area contributed by atoms with Crippen LogP contribution in [0.2, 0.25) is 0 Å². The number of aryl methyl sites for hydroxylation is 1. The van der Waals surface area contributed by atoms with Gasteiger partial charge in [0.15, 0.2) is 0 Å². The Morgan fingerprint density at radius 3 is 2.52 bits per heavy atom. The average Bonchev–Trinajstić information content (AvgIpc) is 2.98. The van der Waals surface area contributed by atoms with E-state index in [1.807, 2.05) is 0 Å². The molecule has 21 heavy (non-hydrogen) atoms. The van der Waals surface area contributed by atoms with Crippen molar-refractivity contribution in [3.63, 3.8) is 0 Å². The van der Waals surface area contributed by atoms with Crippen molar-refractivity contribution in [3.8, 4) is 11.1 Å². The van der Waals surface area contributed by atoms with Crippen LogP contribution in [0, 0.1) is 6.92 Å². The molecule has 1 N–H and O–H groups in total. The van der Waals surface area contributed by atoms with Crippen molar-refractivity contribution in [2.75, 3.05) is 5.32 Å². The molecule has 1 heteroatoms. The van der Waals surface area contributed by atoms with Crippen LogP contribution < -0.4 is 5.32 Å². The average molecular weight is 273 g/mol. The zero-order chi connectivity index (χ0) is 14.4. The molecular weight excluding hydrogens is 254 g/mol. The summed E-state index contributed by atoms with van der Waals surface area (Å²) in [4.78, 5) is 0. The summed E-state index contributed by atoms with van der Waals surface area (Å²) in [5.41, 5.74) is 10.6. The van der Waals surface area contributed by atoms with Gasteiger partial charge in [0, 0.05) is 16.9 Å². The number of allylic oxidation sites excluding steroid dienone is 2. The number of anilines is 1. The summed E-state index contributed by atoms with van der Waals surface area (Å²) < 4.78 is 0. The third-order valence-electron chi connectivity index (χ3n) is 4.60. The lowest BCUT2D eigenvalue weighted by Gasteiger charge is -2.25. The molecule has 0 spiro atoms. The Morgan fingerprint density at radius 1 is 0.952 bits per heavy atom. The minimum absolute atomic E-state index is 1.09. The summed E-state index contributed by atoms with van der Waals surface area (Å²) in [6, 6.07) is 15.4. The van der Waals surface area contributed by atoms with Crippen molar-refractivity contribution in [2.45, 2.75) is 26.2 Å². The fourth-order valence-corrected chi connectivity index (χ4v) is 3.55. The highest BCUT2D eigenvalue weighted by Crippen LogP contribution is 2.47. The summed E-state index contributed by atoms with van der Waals surface area (Å²) >= 11 is 0. The van der Waals surface area contributed by atoms with Gasteiger partial charge in [-0.25, -0.2) is 0 Å². The summed E-state index contributed by atoms with van der Waals surface area (Å²) in [5.74, 6) is 0. The summed E-state index contributed by atoms with van der Waals surface area (Å²) in [5, 5.41) is 3.50. The number of benzene rings is 2. The molecule has 2 aliphatic rings. The van der Waals surface area contributed by atoms with E-state index < -0.39 is 0 Å². The standard InChI is InChI=1S/C20H19N/c1-13-9-11-15(12-10-13)17-6-4-8-19-20(17)18-7-3-5-16(18)14(2)21-19/h4,6,8-12,21H,2-3,5,7H2,1H3. The predicted molar refractivity (Wildman–Crippen MR) is 90.1 cm³/mol. The molecule has 0 saturated heterocycles. The van der Waals surface area contributed by atoms with Crippen LogP contribution in [0.1, 0.15) is 30.4 Å². The fourth-order valence-electron chi connectivity index (χ4n) is 3.55. The second-order valence-corrected chi connectivity index (χ2v) is 6.01. The fraction of sp³-hybridized carbons (Fsp3) is 0.200. The third kappa shape index (κ3) is 1.92. The monoisotopic (exact) mass is 273 g/mol. The highest BCUT2D eigenvalue weighted by atomic mass is 14.9. The molecule has 0 aromatic heterocycles. The Morgan fingerprint density at radius 2 is 1.71 bits per heavy atom. The van der Waals surface area contributed by atoms with Gasteiger partial charge in [0.05, 0.1) is 0 Å². The van der Waals surface area contributed by atoms with Crippen LogP contribution in [-0.4, -0.2) is 0 Å². The van der Waals surface area contributed by atoms with E-state index in [2.05, 4.69) is 61.3 Å². The Kier molecular flexibility index (Phi) is 2.75. The van der Waals surface area contributed by atoms with Crippen molar-refractivity contribution in [1.29, 1.82) is 0 Å². The van der Waals surface area contributed by atoms with Gasteiger partial charge in [0.2, 0.25) is 0 Å². The van der Waals surface area contributed by atoms with Crippen molar-refractivity contribution in [2.24, 2.45) is 0 Å². The molecule has 0 atom stereocenters. The highest BCUT2D eigenvalue weighted by molar-refractivity contribution is 5.95. The maximum Gasteiger partial charge on any atom is 0.0466 e. The van der Waals surface area contributed by atoms with Gasteiger partial charge in [-0.05, 0) is 54.5 Å². The molecule has 0 unspecified atom stereocenters. The van der Waals surface area contributed by atoms with E-state index in [1.54, 1.807) is 0 Å². The van der Waals surface area contributed by atoms with E-state index in [1.165, 1.54) is 51.9 Å². The third-order valence-corrected chi connectivity index (χ3v) is 4.60.